The topological polar surface area (TPSA) is 112 Å². The average Bonchev–Trinajstić information content (AvgIpc) is 3.01. The molecule has 0 bridgehead atoms. The van der Waals surface area contributed by atoms with Crippen LogP contribution in [0.1, 0.15) is 30.0 Å². The molecule has 1 aromatic heterocycles. The summed E-state index contributed by atoms with van der Waals surface area (Å²) >= 11 is 0. The van der Waals surface area contributed by atoms with Gasteiger partial charge in [-0.3, -0.25) is 0 Å². The summed E-state index contributed by atoms with van der Waals surface area (Å²) in [6.45, 7) is 1.96. The minimum Gasteiger partial charge on any atom is -0.422 e. The predicted octanol–water partition coefficient (Wildman–Crippen LogP) is 2.06. The van der Waals surface area contributed by atoms with E-state index in [2.05, 4.69) is 22.3 Å². The Morgan fingerprint density at radius 3 is 2.86 bits per heavy atom. The Balaban J connectivity index is 2.36. The molecule has 2 aromatic rings. The van der Waals surface area contributed by atoms with E-state index in [0.717, 1.165) is 11.1 Å². The van der Waals surface area contributed by atoms with Gasteiger partial charge in [-0.2, -0.15) is 15.6 Å². The quantitative estimate of drug-likeness (QED) is 0.879. The summed E-state index contributed by atoms with van der Waals surface area (Å²) in [5, 5.41) is 25.5. The first-order valence-corrected chi connectivity index (χ1v) is 6.80. The lowest BCUT2D eigenvalue weighted by atomic mass is 9.67. The number of fused-ring (bicyclic) bond motifs is 1. The van der Waals surface area contributed by atoms with Crippen molar-refractivity contribution in [3.8, 4) is 18.0 Å². The number of nitrogens with zero attached hydrogens (tertiary/aromatic N) is 3. The number of allylic oxidation sites excluding steroid dienone is 1. The molecule has 1 aromatic carbocycles. The maximum Gasteiger partial charge on any atom is 0.221 e. The largest absolute Gasteiger partial charge is 0.422 e. The lowest BCUT2D eigenvalue weighted by Crippen LogP contribution is -2.36. The number of hydrogen-bond acceptors (Lipinski definition) is 5. The van der Waals surface area contributed by atoms with E-state index in [-0.39, 0.29) is 5.88 Å². The van der Waals surface area contributed by atoms with Gasteiger partial charge in [0, 0.05) is 0 Å². The molecule has 6 nitrogen and oxygen atoms in total. The maximum atomic E-state index is 9.62. The van der Waals surface area contributed by atoms with Crippen LogP contribution in [0.2, 0.25) is 0 Å². The lowest BCUT2D eigenvalue weighted by molar-refractivity contribution is 0.353. The second-order valence-corrected chi connectivity index (χ2v) is 5.02. The van der Waals surface area contributed by atoms with Gasteiger partial charge in [0.1, 0.15) is 11.6 Å². The van der Waals surface area contributed by atoms with Gasteiger partial charge in [-0.25, -0.2) is 5.10 Å². The predicted molar refractivity (Wildman–Crippen MR) is 78.3 cm³/mol. The number of H-pyrrole nitrogens is 1. The molecule has 6 heteroatoms. The summed E-state index contributed by atoms with van der Waals surface area (Å²) in [6.07, 6.45) is 2.23. The molecule has 3 N–H and O–H groups in total. The average molecular weight is 291 g/mol. The van der Waals surface area contributed by atoms with Crippen molar-refractivity contribution < 1.29 is 4.74 Å². The molecule has 3 rings (SSSR count). The molecular formula is C16H13N5O. The van der Waals surface area contributed by atoms with Crippen LogP contribution in [0.15, 0.2) is 41.9 Å². The van der Waals surface area contributed by atoms with E-state index in [1.54, 1.807) is 24.4 Å². The molecule has 1 atom stereocenters. The van der Waals surface area contributed by atoms with Crippen molar-refractivity contribution in [1.29, 1.82) is 10.5 Å². The molecule has 0 saturated heterocycles. The van der Waals surface area contributed by atoms with Gasteiger partial charge in [-0.1, -0.05) is 19.1 Å². The summed E-state index contributed by atoms with van der Waals surface area (Å²) in [5.74, 6) is 0.490. The van der Waals surface area contributed by atoms with Crippen molar-refractivity contribution >= 4 is 0 Å². The summed E-state index contributed by atoms with van der Waals surface area (Å²) in [4.78, 5) is 0. The van der Waals surface area contributed by atoms with E-state index in [1.807, 2.05) is 13.0 Å². The van der Waals surface area contributed by atoms with E-state index in [9.17, 15) is 5.26 Å². The fourth-order valence-electron chi connectivity index (χ4n) is 3.04. The normalized spacial score (nSPS) is 19.8. The van der Waals surface area contributed by atoms with Crippen LogP contribution in [0, 0.1) is 22.7 Å². The zero-order valence-electron chi connectivity index (χ0n) is 11.9. The van der Waals surface area contributed by atoms with Crippen molar-refractivity contribution in [3.63, 3.8) is 0 Å². The number of nitriles is 2. The second-order valence-electron chi connectivity index (χ2n) is 5.02. The molecule has 22 heavy (non-hydrogen) atoms. The molecule has 0 aliphatic carbocycles. The van der Waals surface area contributed by atoms with Crippen LogP contribution in [-0.4, -0.2) is 10.2 Å². The van der Waals surface area contributed by atoms with Crippen LogP contribution in [0.4, 0.5) is 0 Å². The van der Waals surface area contributed by atoms with Crippen molar-refractivity contribution in [1.82, 2.24) is 10.2 Å². The fraction of sp³-hybridized carbons (Fsp3) is 0.188. The van der Waals surface area contributed by atoms with Gasteiger partial charge < -0.3 is 10.5 Å². The first-order chi connectivity index (χ1) is 10.7. The van der Waals surface area contributed by atoms with Crippen molar-refractivity contribution in [2.75, 3.05) is 0 Å². The van der Waals surface area contributed by atoms with Gasteiger partial charge in [-0.05, 0) is 24.1 Å². The third-order valence-corrected chi connectivity index (χ3v) is 4.08. The molecule has 0 saturated carbocycles. The van der Waals surface area contributed by atoms with Gasteiger partial charge in [0.2, 0.25) is 11.8 Å². The third kappa shape index (κ3) is 1.68. The highest BCUT2D eigenvalue weighted by Gasteiger charge is 2.45. The first-order valence-electron chi connectivity index (χ1n) is 6.80. The Bertz CT molecular complexity index is 852. The molecular weight excluding hydrogens is 278 g/mol. The molecule has 0 amide bonds. The number of hydrogen-bond donors (Lipinski definition) is 2. The minimum atomic E-state index is -0.772. The molecule has 1 aliphatic rings. The summed E-state index contributed by atoms with van der Waals surface area (Å²) in [5.41, 5.74) is 7.60. The number of aromatic amines is 1. The molecule has 0 spiro atoms. The van der Waals surface area contributed by atoms with Crippen molar-refractivity contribution in [3.05, 3.63) is 58.6 Å². The number of ether oxygens (including phenoxy) is 1. The van der Waals surface area contributed by atoms with E-state index < -0.39 is 5.41 Å². The Kier molecular flexibility index (Phi) is 3.08. The molecule has 108 valence electrons. The summed E-state index contributed by atoms with van der Waals surface area (Å²) < 4.78 is 5.46. The highest BCUT2D eigenvalue weighted by molar-refractivity contribution is 5.59. The van der Waals surface area contributed by atoms with Crippen LogP contribution >= 0.6 is 0 Å². The molecule has 2 heterocycles. The standard InChI is InChI=1S/C16H13N5O/c1-2-16(11-5-3-4-10(6-11)7-17)12(8-18)14(19)22-15-13(16)9-20-21-15/h3-6,9H,2,19H2,1H3,(H,20,21). The van der Waals surface area contributed by atoms with E-state index >= 15 is 0 Å². The van der Waals surface area contributed by atoms with Gasteiger partial charge in [0.25, 0.3) is 0 Å². The zero-order chi connectivity index (χ0) is 15.7. The number of benzene rings is 1. The third-order valence-electron chi connectivity index (χ3n) is 4.08. The lowest BCUT2D eigenvalue weighted by Gasteiger charge is -2.36. The van der Waals surface area contributed by atoms with Crippen LogP contribution in [0.3, 0.4) is 0 Å². The number of nitrogens with one attached hydrogen (secondary N) is 1. The highest BCUT2D eigenvalue weighted by Crippen LogP contribution is 2.48. The van der Waals surface area contributed by atoms with E-state index in [0.29, 0.717) is 23.4 Å². The summed E-state index contributed by atoms with van der Waals surface area (Å²) in [6, 6.07) is 11.5. The smallest absolute Gasteiger partial charge is 0.221 e. The Morgan fingerprint density at radius 1 is 1.36 bits per heavy atom. The van der Waals surface area contributed by atoms with Crippen molar-refractivity contribution in [2.24, 2.45) is 5.73 Å². The molecule has 1 aliphatic heterocycles. The van der Waals surface area contributed by atoms with Gasteiger partial charge in [-0.15, -0.1) is 0 Å². The van der Waals surface area contributed by atoms with E-state index in [1.165, 1.54) is 0 Å². The zero-order valence-corrected chi connectivity index (χ0v) is 11.9. The van der Waals surface area contributed by atoms with E-state index in [4.69, 9.17) is 15.7 Å². The number of nitrogens with two attached hydrogens (primary N) is 1. The SMILES string of the molecule is CCC1(c2cccc(C#N)c2)C(C#N)=C(N)Oc2[nH]ncc21. The second kappa shape index (κ2) is 4.94. The number of aromatic nitrogens is 2. The molecule has 0 radical (unpaired) electrons. The maximum absolute atomic E-state index is 9.62. The first kappa shape index (κ1) is 13.7. The molecule has 1 unspecified atom stereocenters. The van der Waals surface area contributed by atoms with Crippen LogP contribution in [0.25, 0.3) is 0 Å². The van der Waals surface area contributed by atoms with Crippen LogP contribution in [-0.2, 0) is 5.41 Å². The monoisotopic (exact) mass is 291 g/mol. The highest BCUT2D eigenvalue weighted by atomic mass is 16.5. The minimum absolute atomic E-state index is 0.0588. The number of rotatable bonds is 2. The van der Waals surface area contributed by atoms with Crippen LogP contribution < -0.4 is 10.5 Å². The van der Waals surface area contributed by atoms with Gasteiger partial charge in [0.15, 0.2) is 0 Å². The molecule has 0 fully saturated rings. The Labute approximate surface area is 127 Å². The Morgan fingerprint density at radius 2 is 2.18 bits per heavy atom. The summed E-state index contributed by atoms with van der Waals surface area (Å²) in [7, 11) is 0. The van der Waals surface area contributed by atoms with Gasteiger partial charge in [0.05, 0.1) is 28.8 Å². The van der Waals surface area contributed by atoms with Gasteiger partial charge >= 0.3 is 0 Å². The fourth-order valence-corrected chi connectivity index (χ4v) is 3.04. The van der Waals surface area contributed by atoms with Crippen LogP contribution in [0.5, 0.6) is 5.88 Å². The Hall–Kier alpha value is -3.25. The van der Waals surface area contributed by atoms with Crippen molar-refractivity contribution in [2.45, 2.75) is 18.8 Å².